The molecule has 0 bridgehead atoms. The highest BCUT2D eigenvalue weighted by Gasteiger charge is 2.60. The van der Waals surface area contributed by atoms with E-state index < -0.39 is 0 Å². The van der Waals surface area contributed by atoms with Crippen molar-refractivity contribution in [2.45, 2.75) is 110 Å². The second-order valence-electron chi connectivity index (χ2n) is 13.0. The van der Waals surface area contributed by atoms with Crippen LogP contribution in [0.2, 0.25) is 0 Å². The fourth-order valence-corrected chi connectivity index (χ4v) is 9.13. The van der Waals surface area contributed by atoms with Gasteiger partial charge in [0.2, 0.25) is 0 Å². The van der Waals surface area contributed by atoms with E-state index >= 15 is 0 Å². The van der Waals surface area contributed by atoms with Gasteiger partial charge in [-0.1, -0.05) is 46.3 Å². The number of fused-ring (bicyclic) bond motifs is 5. The average molecular weight is 431 g/mol. The first-order chi connectivity index (χ1) is 14.6. The molecule has 0 radical (unpaired) electrons. The van der Waals surface area contributed by atoms with Crippen LogP contribution in [0.3, 0.4) is 0 Å². The van der Waals surface area contributed by atoms with Crippen LogP contribution < -0.4 is 0 Å². The molecule has 3 nitrogen and oxygen atoms in total. The molecule has 176 valence electrons. The van der Waals surface area contributed by atoms with Crippen LogP contribution in [0.15, 0.2) is 11.6 Å². The number of hydrogen-bond acceptors (Lipinski definition) is 3. The Morgan fingerprint density at radius 3 is 2.48 bits per heavy atom. The Morgan fingerprint density at radius 2 is 1.81 bits per heavy atom. The number of aliphatic hydroxyl groups is 2. The van der Waals surface area contributed by atoms with Crippen molar-refractivity contribution in [3.05, 3.63) is 11.6 Å². The van der Waals surface area contributed by atoms with Crippen LogP contribution in [0.5, 0.6) is 0 Å². The molecule has 31 heavy (non-hydrogen) atoms. The van der Waals surface area contributed by atoms with Crippen LogP contribution in [0.25, 0.3) is 0 Å². The standard InChI is InChI=1S/C28H46O3/c1-17(2)28(16-31-28)15-25(30)18(3)22-8-9-23-21-7-6-19-14-20(29)10-12-26(19,4)24(21)11-13-27(22,23)5/h6,17-18,20-25,29-30H,7-16H2,1-5H3. The summed E-state index contributed by atoms with van der Waals surface area (Å²) in [6.07, 6.45) is 12.5. The number of epoxide rings is 1. The molecular weight excluding hydrogens is 384 g/mol. The summed E-state index contributed by atoms with van der Waals surface area (Å²) >= 11 is 0. The van der Waals surface area contributed by atoms with Crippen LogP contribution in [-0.2, 0) is 4.74 Å². The van der Waals surface area contributed by atoms with Gasteiger partial charge in [-0.05, 0) is 97.7 Å². The van der Waals surface area contributed by atoms with Gasteiger partial charge in [0.1, 0.15) is 0 Å². The Hall–Kier alpha value is -0.380. The third kappa shape index (κ3) is 3.39. The van der Waals surface area contributed by atoms with Crippen molar-refractivity contribution in [3.63, 3.8) is 0 Å². The zero-order valence-corrected chi connectivity index (χ0v) is 20.6. The molecule has 10 atom stereocenters. The molecule has 5 rings (SSSR count). The number of allylic oxidation sites excluding steroid dienone is 1. The monoisotopic (exact) mass is 430 g/mol. The van der Waals surface area contributed by atoms with E-state index in [1.165, 1.54) is 38.5 Å². The fourth-order valence-electron chi connectivity index (χ4n) is 9.13. The van der Waals surface area contributed by atoms with Gasteiger partial charge in [0.15, 0.2) is 0 Å². The van der Waals surface area contributed by atoms with Crippen LogP contribution >= 0.6 is 0 Å². The van der Waals surface area contributed by atoms with E-state index in [0.717, 1.165) is 43.6 Å². The Balaban J connectivity index is 1.33. The van der Waals surface area contributed by atoms with E-state index in [2.05, 4.69) is 40.7 Å². The lowest BCUT2D eigenvalue weighted by Gasteiger charge is -2.58. The zero-order chi connectivity index (χ0) is 22.2. The molecule has 2 N–H and O–H groups in total. The van der Waals surface area contributed by atoms with Crippen LogP contribution in [0, 0.1) is 46.3 Å². The van der Waals surface area contributed by atoms with E-state index in [9.17, 15) is 10.2 Å². The molecule has 0 spiro atoms. The average Bonchev–Trinajstić information content (AvgIpc) is 3.42. The van der Waals surface area contributed by atoms with Crippen molar-refractivity contribution in [2.75, 3.05) is 6.61 Å². The van der Waals surface area contributed by atoms with E-state index in [1.807, 2.05) is 0 Å². The SMILES string of the molecule is CC(C(O)CC1(C(C)C)CO1)C1CCC2C3CC=C4CC(O)CCC4(C)C3CCC12C. The lowest BCUT2D eigenvalue weighted by Crippen LogP contribution is -2.51. The molecular formula is C28H46O3. The van der Waals surface area contributed by atoms with E-state index in [0.29, 0.717) is 28.6 Å². The summed E-state index contributed by atoms with van der Waals surface area (Å²) in [4.78, 5) is 0. The summed E-state index contributed by atoms with van der Waals surface area (Å²) in [7, 11) is 0. The molecule has 0 amide bonds. The van der Waals surface area contributed by atoms with Gasteiger partial charge < -0.3 is 14.9 Å². The third-order valence-corrected chi connectivity index (χ3v) is 11.5. The molecule has 4 aliphatic carbocycles. The molecule has 0 aromatic heterocycles. The van der Waals surface area contributed by atoms with Gasteiger partial charge in [-0.3, -0.25) is 0 Å². The van der Waals surface area contributed by atoms with Gasteiger partial charge in [0, 0.05) is 6.42 Å². The molecule has 1 aliphatic heterocycles. The molecule has 0 aromatic rings. The smallest absolute Gasteiger partial charge is 0.0963 e. The van der Waals surface area contributed by atoms with Gasteiger partial charge in [-0.2, -0.15) is 0 Å². The molecule has 3 heteroatoms. The first-order valence-corrected chi connectivity index (χ1v) is 13.3. The maximum absolute atomic E-state index is 11.2. The predicted molar refractivity (Wildman–Crippen MR) is 125 cm³/mol. The minimum Gasteiger partial charge on any atom is -0.393 e. The molecule has 4 fully saturated rings. The van der Waals surface area contributed by atoms with Crippen molar-refractivity contribution in [1.82, 2.24) is 0 Å². The Kier molecular flexibility index (Phi) is 5.47. The summed E-state index contributed by atoms with van der Waals surface area (Å²) in [6, 6.07) is 0. The van der Waals surface area contributed by atoms with Crippen molar-refractivity contribution in [2.24, 2.45) is 46.3 Å². The summed E-state index contributed by atoms with van der Waals surface area (Å²) in [5.41, 5.74) is 2.19. The topological polar surface area (TPSA) is 53.0 Å². The number of aliphatic hydroxyl groups excluding tert-OH is 2. The lowest BCUT2D eigenvalue weighted by atomic mass is 9.47. The van der Waals surface area contributed by atoms with Crippen molar-refractivity contribution in [1.29, 1.82) is 0 Å². The highest BCUT2D eigenvalue weighted by atomic mass is 16.6. The maximum atomic E-state index is 11.2. The van der Waals surface area contributed by atoms with Crippen molar-refractivity contribution >= 4 is 0 Å². The number of ether oxygens (including phenoxy) is 1. The van der Waals surface area contributed by atoms with Crippen molar-refractivity contribution < 1.29 is 14.9 Å². The second kappa shape index (κ2) is 7.57. The molecule has 1 saturated heterocycles. The van der Waals surface area contributed by atoms with Gasteiger partial charge in [0.05, 0.1) is 24.4 Å². The highest BCUT2D eigenvalue weighted by molar-refractivity contribution is 5.25. The normalized spacial score (nSPS) is 50.8. The summed E-state index contributed by atoms with van der Waals surface area (Å²) in [5, 5.41) is 21.5. The van der Waals surface area contributed by atoms with E-state index in [4.69, 9.17) is 4.74 Å². The molecule has 5 aliphatic rings. The zero-order valence-electron chi connectivity index (χ0n) is 20.6. The third-order valence-electron chi connectivity index (χ3n) is 11.5. The minimum atomic E-state index is -0.251. The van der Waals surface area contributed by atoms with Crippen molar-refractivity contribution in [3.8, 4) is 0 Å². The first-order valence-electron chi connectivity index (χ1n) is 13.3. The van der Waals surface area contributed by atoms with Gasteiger partial charge >= 0.3 is 0 Å². The van der Waals surface area contributed by atoms with E-state index in [-0.39, 0.29) is 17.8 Å². The predicted octanol–water partition coefficient (Wildman–Crippen LogP) is 5.74. The second-order valence-corrected chi connectivity index (χ2v) is 13.0. The number of hydrogen-bond donors (Lipinski definition) is 2. The first kappa shape index (κ1) is 22.4. The summed E-state index contributed by atoms with van der Waals surface area (Å²) < 4.78 is 5.83. The summed E-state index contributed by atoms with van der Waals surface area (Å²) in [6.45, 7) is 12.7. The molecule has 3 saturated carbocycles. The molecule has 1 heterocycles. The van der Waals surface area contributed by atoms with Crippen LogP contribution in [0.4, 0.5) is 0 Å². The Morgan fingerprint density at radius 1 is 1.06 bits per heavy atom. The largest absolute Gasteiger partial charge is 0.393 e. The van der Waals surface area contributed by atoms with Gasteiger partial charge in [-0.25, -0.2) is 0 Å². The fraction of sp³-hybridized carbons (Fsp3) is 0.929. The summed E-state index contributed by atoms with van der Waals surface area (Å²) in [5.74, 6) is 3.84. The van der Waals surface area contributed by atoms with E-state index in [1.54, 1.807) is 5.57 Å². The minimum absolute atomic E-state index is 0.0606. The molecule has 0 aromatic carbocycles. The Labute approximate surface area is 190 Å². The quantitative estimate of drug-likeness (QED) is 0.432. The highest BCUT2D eigenvalue weighted by Crippen LogP contribution is 2.67. The Bertz CT molecular complexity index is 724. The van der Waals surface area contributed by atoms with Gasteiger partial charge in [-0.15, -0.1) is 0 Å². The maximum Gasteiger partial charge on any atom is 0.0963 e. The van der Waals surface area contributed by atoms with Crippen LogP contribution in [-0.4, -0.2) is 34.6 Å². The number of rotatable bonds is 5. The van der Waals surface area contributed by atoms with Gasteiger partial charge in [0.25, 0.3) is 0 Å². The molecule has 10 unspecified atom stereocenters. The van der Waals surface area contributed by atoms with Crippen LogP contribution in [0.1, 0.15) is 92.4 Å². The lowest BCUT2D eigenvalue weighted by molar-refractivity contribution is -0.0702.